The van der Waals surface area contributed by atoms with Crippen molar-refractivity contribution in [3.05, 3.63) is 78.2 Å². The number of morpholine rings is 1. The van der Waals surface area contributed by atoms with Crippen LogP contribution in [0.4, 0.5) is 0 Å². The van der Waals surface area contributed by atoms with Gasteiger partial charge in [-0.15, -0.1) is 0 Å². The van der Waals surface area contributed by atoms with Crippen LogP contribution >= 0.6 is 0 Å². The molecule has 1 aliphatic heterocycles. The van der Waals surface area contributed by atoms with Gasteiger partial charge in [0.1, 0.15) is 0 Å². The number of hydrogen-bond donors (Lipinski definition) is 0. The van der Waals surface area contributed by atoms with Gasteiger partial charge in [-0.05, 0) is 30.7 Å². The van der Waals surface area contributed by atoms with E-state index in [1.54, 1.807) is 0 Å². The van der Waals surface area contributed by atoms with Crippen LogP contribution < -0.4 is 0 Å². The van der Waals surface area contributed by atoms with E-state index in [9.17, 15) is 0 Å². The van der Waals surface area contributed by atoms with Crippen molar-refractivity contribution in [1.29, 1.82) is 0 Å². The Morgan fingerprint density at radius 2 is 1.71 bits per heavy atom. The smallest absolute Gasteiger partial charge is 0.0594 e. The molecular formula is C21H27N2O. The fraction of sp³-hybridized carbons (Fsp3) is 0.381. The van der Waals surface area contributed by atoms with Crippen LogP contribution in [0.25, 0.3) is 0 Å². The van der Waals surface area contributed by atoms with Crippen LogP contribution in [0.3, 0.4) is 0 Å². The maximum absolute atomic E-state index is 5.49. The zero-order valence-electron chi connectivity index (χ0n) is 14.5. The van der Waals surface area contributed by atoms with Gasteiger partial charge in [0, 0.05) is 32.2 Å². The summed E-state index contributed by atoms with van der Waals surface area (Å²) in [5, 5.41) is 0. The first kappa shape index (κ1) is 17.2. The molecular weight excluding hydrogens is 296 g/mol. The summed E-state index contributed by atoms with van der Waals surface area (Å²) in [6, 6.07) is 19.7. The molecule has 3 nitrogen and oxygen atoms in total. The minimum absolute atomic E-state index is 0.378. The summed E-state index contributed by atoms with van der Waals surface area (Å²) in [6.45, 7) is 9.67. The van der Waals surface area contributed by atoms with Crippen LogP contribution in [0, 0.1) is 6.92 Å². The van der Waals surface area contributed by atoms with Crippen molar-refractivity contribution in [2.75, 3.05) is 39.9 Å². The van der Waals surface area contributed by atoms with Crippen molar-refractivity contribution >= 4 is 0 Å². The molecule has 127 valence electrons. The molecule has 1 unspecified atom stereocenters. The van der Waals surface area contributed by atoms with E-state index < -0.39 is 0 Å². The number of benzene rings is 2. The van der Waals surface area contributed by atoms with Gasteiger partial charge in [0.05, 0.1) is 13.2 Å². The van der Waals surface area contributed by atoms with Crippen LogP contribution in [0.2, 0.25) is 0 Å². The monoisotopic (exact) mass is 323 g/mol. The second-order valence-electron chi connectivity index (χ2n) is 6.57. The first-order valence-corrected chi connectivity index (χ1v) is 8.68. The highest BCUT2D eigenvalue weighted by Gasteiger charge is 2.22. The van der Waals surface area contributed by atoms with Crippen LogP contribution in [-0.2, 0) is 11.3 Å². The molecule has 1 saturated heterocycles. The number of rotatable bonds is 6. The van der Waals surface area contributed by atoms with Gasteiger partial charge in [-0.25, -0.2) is 0 Å². The van der Waals surface area contributed by atoms with E-state index in [4.69, 9.17) is 4.74 Å². The first-order valence-electron chi connectivity index (χ1n) is 8.68. The van der Waals surface area contributed by atoms with Crippen molar-refractivity contribution in [2.45, 2.75) is 12.6 Å². The van der Waals surface area contributed by atoms with Gasteiger partial charge >= 0.3 is 0 Å². The van der Waals surface area contributed by atoms with Crippen molar-refractivity contribution in [3.8, 4) is 0 Å². The number of hydrogen-bond acceptors (Lipinski definition) is 3. The standard InChI is InChI=1S/C21H27N2O/c1-18-8-10-19(11-9-18)16-22(2)21(20-6-4-3-5-7-20)17-23-12-14-24-15-13-23/h3-11,21H,1,12-17H2,2H3. The molecule has 3 rings (SSSR count). The Kier molecular flexibility index (Phi) is 6.02. The highest BCUT2D eigenvalue weighted by atomic mass is 16.5. The van der Waals surface area contributed by atoms with Crippen LogP contribution in [0.15, 0.2) is 54.6 Å². The maximum atomic E-state index is 5.49. The van der Waals surface area contributed by atoms with Crippen molar-refractivity contribution in [1.82, 2.24) is 9.80 Å². The second kappa shape index (κ2) is 8.43. The molecule has 1 radical (unpaired) electrons. The highest BCUT2D eigenvalue weighted by Crippen LogP contribution is 2.23. The van der Waals surface area contributed by atoms with Crippen molar-refractivity contribution in [3.63, 3.8) is 0 Å². The number of likely N-dealkylation sites (N-methyl/N-ethyl adjacent to an activating group) is 1. The predicted molar refractivity (Wildman–Crippen MR) is 98.8 cm³/mol. The third-order valence-corrected chi connectivity index (χ3v) is 4.71. The van der Waals surface area contributed by atoms with Gasteiger partial charge in [-0.3, -0.25) is 9.80 Å². The molecule has 0 saturated carbocycles. The zero-order valence-corrected chi connectivity index (χ0v) is 14.5. The van der Waals surface area contributed by atoms with E-state index in [1.807, 2.05) is 0 Å². The summed E-state index contributed by atoms with van der Waals surface area (Å²) in [5.41, 5.74) is 3.77. The van der Waals surface area contributed by atoms with Crippen molar-refractivity contribution in [2.24, 2.45) is 0 Å². The van der Waals surface area contributed by atoms with E-state index in [1.165, 1.54) is 11.1 Å². The lowest BCUT2D eigenvalue weighted by Gasteiger charge is -2.35. The van der Waals surface area contributed by atoms with Gasteiger partial charge in [0.2, 0.25) is 0 Å². The molecule has 3 heteroatoms. The average Bonchev–Trinajstić information content (AvgIpc) is 2.63. The highest BCUT2D eigenvalue weighted by molar-refractivity contribution is 5.25. The molecule has 1 aliphatic rings. The third-order valence-electron chi connectivity index (χ3n) is 4.71. The fourth-order valence-electron chi connectivity index (χ4n) is 3.25. The van der Waals surface area contributed by atoms with Gasteiger partial charge in [-0.2, -0.15) is 0 Å². The van der Waals surface area contributed by atoms with Crippen LogP contribution in [-0.4, -0.2) is 49.7 Å². The fourth-order valence-corrected chi connectivity index (χ4v) is 3.25. The second-order valence-corrected chi connectivity index (χ2v) is 6.57. The Balaban J connectivity index is 1.73. The van der Waals surface area contributed by atoms with Gasteiger partial charge in [0.15, 0.2) is 0 Å². The molecule has 0 amide bonds. The van der Waals surface area contributed by atoms with Crippen molar-refractivity contribution < 1.29 is 4.74 Å². The Morgan fingerprint density at radius 1 is 1.04 bits per heavy atom. The molecule has 2 aromatic rings. The molecule has 1 fully saturated rings. The first-order chi connectivity index (χ1) is 11.7. The van der Waals surface area contributed by atoms with E-state index in [0.717, 1.165) is 45.0 Å². The summed E-state index contributed by atoms with van der Waals surface area (Å²) in [4.78, 5) is 4.96. The normalized spacial score (nSPS) is 17.1. The Bertz CT molecular complexity index is 605. The third kappa shape index (κ3) is 4.67. The molecule has 0 N–H and O–H groups in total. The summed E-state index contributed by atoms with van der Waals surface area (Å²) in [7, 11) is 2.22. The molecule has 1 atom stereocenters. The number of nitrogens with zero attached hydrogens (tertiary/aromatic N) is 2. The molecule has 0 aliphatic carbocycles. The number of ether oxygens (including phenoxy) is 1. The van der Waals surface area contributed by atoms with E-state index in [2.05, 4.69) is 78.4 Å². The van der Waals surface area contributed by atoms with Crippen LogP contribution in [0.5, 0.6) is 0 Å². The minimum atomic E-state index is 0.378. The largest absolute Gasteiger partial charge is 0.379 e. The van der Waals surface area contributed by atoms with E-state index >= 15 is 0 Å². The lowest BCUT2D eigenvalue weighted by molar-refractivity contribution is 0.0240. The zero-order chi connectivity index (χ0) is 16.8. The quantitative estimate of drug-likeness (QED) is 0.810. The summed E-state index contributed by atoms with van der Waals surface area (Å²) >= 11 is 0. The van der Waals surface area contributed by atoms with Gasteiger partial charge in [0.25, 0.3) is 0 Å². The molecule has 0 aromatic heterocycles. The lowest BCUT2D eigenvalue weighted by Crippen LogP contribution is -2.42. The topological polar surface area (TPSA) is 15.7 Å². The van der Waals surface area contributed by atoms with E-state index in [-0.39, 0.29) is 0 Å². The Morgan fingerprint density at radius 3 is 2.38 bits per heavy atom. The molecule has 24 heavy (non-hydrogen) atoms. The summed E-state index contributed by atoms with van der Waals surface area (Å²) in [6.07, 6.45) is 0. The summed E-state index contributed by atoms with van der Waals surface area (Å²) in [5.74, 6) is 0. The average molecular weight is 323 g/mol. The maximum Gasteiger partial charge on any atom is 0.0594 e. The summed E-state index contributed by atoms with van der Waals surface area (Å²) < 4.78 is 5.49. The minimum Gasteiger partial charge on any atom is -0.379 e. The Hall–Kier alpha value is -1.68. The van der Waals surface area contributed by atoms with Gasteiger partial charge < -0.3 is 4.74 Å². The Labute approximate surface area is 145 Å². The van der Waals surface area contributed by atoms with E-state index in [0.29, 0.717) is 6.04 Å². The SMILES string of the molecule is [CH2]c1ccc(CN(C)C(CN2CCOCC2)c2ccccc2)cc1. The van der Waals surface area contributed by atoms with Gasteiger partial charge in [-0.1, -0.05) is 54.6 Å². The molecule has 2 aromatic carbocycles. The molecule has 0 spiro atoms. The molecule has 1 heterocycles. The predicted octanol–water partition coefficient (Wildman–Crippen LogP) is 3.37. The lowest BCUT2D eigenvalue weighted by atomic mass is 10.0. The van der Waals surface area contributed by atoms with Crippen LogP contribution in [0.1, 0.15) is 22.7 Å². The molecule has 0 bridgehead atoms.